The van der Waals surface area contributed by atoms with Crippen LogP contribution in [-0.4, -0.2) is 32.9 Å². The van der Waals surface area contributed by atoms with Crippen LogP contribution >= 0.6 is 11.6 Å². The standard InChI is InChI=1S/C12H14ClN3O5/c1-3-6(2)10(12(18)19)15-11(17)7-4-9(13)14-5-8(7)16(20)21/h4-6,10H,3H2,1-2H3,(H,15,17)(H,18,19)/t6?,10-/m0/s1. The van der Waals surface area contributed by atoms with Crippen molar-refractivity contribution in [3.8, 4) is 0 Å². The number of hydrogen-bond donors (Lipinski definition) is 2. The van der Waals surface area contributed by atoms with Gasteiger partial charge in [-0.05, 0) is 12.0 Å². The molecule has 0 fully saturated rings. The van der Waals surface area contributed by atoms with Gasteiger partial charge in [0.05, 0.1) is 4.92 Å². The van der Waals surface area contributed by atoms with E-state index in [1.807, 2.05) is 0 Å². The average molecular weight is 316 g/mol. The lowest BCUT2D eigenvalue weighted by Crippen LogP contribution is -2.45. The summed E-state index contributed by atoms with van der Waals surface area (Å²) in [5.41, 5.74) is -0.861. The number of amides is 1. The molecule has 1 rings (SSSR count). The Morgan fingerprint density at radius 3 is 2.67 bits per heavy atom. The highest BCUT2D eigenvalue weighted by atomic mass is 35.5. The van der Waals surface area contributed by atoms with Crippen LogP contribution < -0.4 is 5.32 Å². The summed E-state index contributed by atoms with van der Waals surface area (Å²) in [7, 11) is 0. The van der Waals surface area contributed by atoms with E-state index in [-0.39, 0.29) is 16.6 Å². The molecule has 1 heterocycles. The van der Waals surface area contributed by atoms with Gasteiger partial charge in [-0.15, -0.1) is 0 Å². The van der Waals surface area contributed by atoms with Gasteiger partial charge in [0, 0.05) is 0 Å². The third kappa shape index (κ3) is 4.12. The van der Waals surface area contributed by atoms with Crippen LogP contribution in [0, 0.1) is 16.0 Å². The van der Waals surface area contributed by atoms with Crippen LogP contribution in [0.3, 0.4) is 0 Å². The van der Waals surface area contributed by atoms with E-state index in [0.29, 0.717) is 6.42 Å². The molecule has 1 aromatic heterocycles. The van der Waals surface area contributed by atoms with Crippen molar-refractivity contribution in [2.75, 3.05) is 0 Å². The Bertz CT molecular complexity index is 578. The van der Waals surface area contributed by atoms with Gasteiger partial charge in [-0.25, -0.2) is 9.78 Å². The third-order valence-electron chi connectivity index (χ3n) is 3.06. The molecule has 0 spiro atoms. The minimum atomic E-state index is -1.21. The summed E-state index contributed by atoms with van der Waals surface area (Å²) in [5.74, 6) is -2.41. The summed E-state index contributed by atoms with van der Waals surface area (Å²) in [6.07, 6.45) is 1.38. The predicted octanol–water partition coefficient (Wildman–Crippen LogP) is 1.87. The lowest BCUT2D eigenvalue weighted by atomic mass is 9.99. The number of carboxylic acid groups (broad SMARTS) is 1. The molecule has 9 heteroatoms. The van der Waals surface area contributed by atoms with Gasteiger partial charge >= 0.3 is 5.97 Å². The van der Waals surface area contributed by atoms with Crippen LogP contribution in [0.25, 0.3) is 0 Å². The van der Waals surface area contributed by atoms with E-state index >= 15 is 0 Å². The number of nitro groups is 1. The summed E-state index contributed by atoms with van der Waals surface area (Å²) in [5, 5.41) is 22.2. The number of nitrogens with one attached hydrogen (secondary N) is 1. The number of halogens is 1. The molecule has 1 unspecified atom stereocenters. The second-order valence-corrected chi connectivity index (χ2v) is 4.84. The van der Waals surface area contributed by atoms with Crippen molar-refractivity contribution in [3.63, 3.8) is 0 Å². The Labute approximate surface area is 125 Å². The van der Waals surface area contributed by atoms with E-state index in [1.165, 1.54) is 0 Å². The Morgan fingerprint density at radius 1 is 1.57 bits per heavy atom. The molecule has 0 aliphatic heterocycles. The fourth-order valence-electron chi connectivity index (χ4n) is 1.65. The van der Waals surface area contributed by atoms with Crippen molar-refractivity contribution < 1.29 is 19.6 Å². The molecule has 0 aliphatic carbocycles. The zero-order chi connectivity index (χ0) is 16.2. The Balaban J connectivity index is 3.11. The summed E-state index contributed by atoms with van der Waals surface area (Å²) < 4.78 is 0. The van der Waals surface area contributed by atoms with Gasteiger partial charge in [0.1, 0.15) is 23.0 Å². The minimum absolute atomic E-state index is 0.0961. The minimum Gasteiger partial charge on any atom is -0.480 e. The van der Waals surface area contributed by atoms with Gasteiger partial charge in [0.2, 0.25) is 0 Å². The second kappa shape index (κ2) is 6.98. The van der Waals surface area contributed by atoms with Crippen LogP contribution in [0.5, 0.6) is 0 Å². The first-order chi connectivity index (χ1) is 9.77. The molecule has 0 saturated heterocycles. The monoisotopic (exact) mass is 315 g/mol. The highest BCUT2D eigenvalue weighted by Gasteiger charge is 2.29. The molecule has 2 atom stereocenters. The van der Waals surface area contributed by atoms with Gasteiger partial charge < -0.3 is 10.4 Å². The van der Waals surface area contributed by atoms with Crippen LogP contribution in [0.2, 0.25) is 5.15 Å². The van der Waals surface area contributed by atoms with Gasteiger partial charge in [-0.3, -0.25) is 14.9 Å². The maximum Gasteiger partial charge on any atom is 0.326 e. The van der Waals surface area contributed by atoms with E-state index in [0.717, 1.165) is 12.3 Å². The quantitative estimate of drug-likeness (QED) is 0.469. The largest absolute Gasteiger partial charge is 0.480 e. The summed E-state index contributed by atoms with van der Waals surface area (Å²) in [6, 6.07) is -0.112. The Morgan fingerprint density at radius 2 is 2.19 bits per heavy atom. The summed E-state index contributed by atoms with van der Waals surface area (Å²) in [4.78, 5) is 36.9. The van der Waals surface area contributed by atoms with Gasteiger partial charge in [-0.1, -0.05) is 31.9 Å². The number of hydrogen-bond acceptors (Lipinski definition) is 5. The molecule has 21 heavy (non-hydrogen) atoms. The topological polar surface area (TPSA) is 122 Å². The van der Waals surface area contributed by atoms with Gasteiger partial charge in [0.15, 0.2) is 0 Å². The molecule has 1 amide bonds. The SMILES string of the molecule is CCC(C)[C@H](NC(=O)c1cc(Cl)ncc1[N+](=O)[O-])C(=O)O. The summed E-state index contributed by atoms with van der Waals surface area (Å²) in [6.45, 7) is 3.44. The number of carboxylic acids is 1. The van der Waals surface area contributed by atoms with Crippen LogP contribution in [0.1, 0.15) is 30.6 Å². The van der Waals surface area contributed by atoms with Crippen molar-refractivity contribution in [2.24, 2.45) is 5.92 Å². The molecule has 114 valence electrons. The Kier molecular flexibility index (Phi) is 5.60. The molecule has 0 saturated carbocycles. The molecule has 0 aromatic carbocycles. The highest BCUT2D eigenvalue weighted by molar-refractivity contribution is 6.29. The predicted molar refractivity (Wildman–Crippen MR) is 74.2 cm³/mol. The number of pyridine rings is 1. The fraction of sp³-hybridized carbons (Fsp3) is 0.417. The zero-order valence-electron chi connectivity index (χ0n) is 11.4. The van der Waals surface area contributed by atoms with E-state index in [2.05, 4.69) is 10.3 Å². The van der Waals surface area contributed by atoms with Crippen LogP contribution in [0.4, 0.5) is 5.69 Å². The first-order valence-corrected chi connectivity index (χ1v) is 6.49. The number of rotatable bonds is 6. The third-order valence-corrected chi connectivity index (χ3v) is 3.26. The highest BCUT2D eigenvalue weighted by Crippen LogP contribution is 2.21. The average Bonchev–Trinajstić information content (AvgIpc) is 2.42. The second-order valence-electron chi connectivity index (χ2n) is 4.46. The lowest BCUT2D eigenvalue weighted by molar-refractivity contribution is -0.385. The number of aromatic nitrogens is 1. The van der Waals surface area contributed by atoms with E-state index < -0.39 is 28.5 Å². The van der Waals surface area contributed by atoms with Crippen molar-refractivity contribution in [1.82, 2.24) is 10.3 Å². The molecule has 2 N–H and O–H groups in total. The fourth-order valence-corrected chi connectivity index (χ4v) is 1.81. The number of carbonyl (C=O) groups is 2. The van der Waals surface area contributed by atoms with E-state index in [1.54, 1.807) is 13.8 Å². The number of nitrogens with zero attached hydrogens (tertiary/aromatic N) is 2. The van der Waals surface area contributed by atoms with Crippen molar-refractivity contribution in [1.29, 1.82) is 0 Å². The number of carbonyl (C=O) groups excluding carboxylic acids is 1. The van der Waals surface area contributed by atoms with Crippen molar-refractivity contribution in [2.45, 2.75) is 26.3 Å². The molecular weight excluding hydrogens is 302 g/mol. The molecule has 8 nitrogen and oxygen atoms in total. The molecular formula is C12H14ClN3O5. The van der Waals surface area contributed by atoms with Crippen molar-refractivity contribution >= 4 is 29.2 Å². The van der Waals surface area contributed by atoms with E-state index in [4.69, 9.17) is 16.7 Å². The molecule has 0 bridgehead atoms. The smallest absolute Gasteiger partial charge is 0.326 e. The molecule has 1 aromatic rings. The van der Waals surface area contributed by atoms with E-state index in [9.17, 15) is 19.7 Å². The van der Waals surface area contributed by atoms with Crippen LogP contribution in [-0.2, 0) is 4.79 Å². The molecule has 0 aliphatic rings. The lowest BCUT2D eigenvalue weighted by Gasteiger charge is -2.20. The number of aliphatic carboxylic acids is 1. The Hall–Kier alpha value is -2.22. The normalized spacial score (nSPS) is 13.3. The zero-order valence-corrected chi connectivity index (χ0v) is 12.1. The van der Waals surface area contributed by atoms with Crippen LogP contribution in [0.15, 0.2) is 12.3 Å². The first kappa shape index (κ1) is 16.8. The maximum atomic E-state index is 12.1. The maximum absolute atomic E-state index is 12.1. The first-order valence-electron chi connectivity index (χ1n) is 6.11. The van der Waals surface area contributed by atoms with Gasteiger partial charge in [0.25, 0.3) is 11.6 Å². The summed E-state index contributed by atoms with van der Waals surface area (Å²) >= 11 is 5.62. The van der Waals surface area contributed by atoms with Crippen molar-refractivity contribution in [3.05, 3.63) is 33.1 Å². The molecule has 0 radical (unpaired) electrons. The van der Waals surface area contributed by atoms with Gasteiger partial charge in [-0.2, -0.15) is 0 Å².